The number of nitrogen functional groups attached to an aromatic ring is 1. The van der Waals surface area contributed by atoms with E-state index >= 15 is 0 Å². The van der Waals surface area contributed by atoms with Crippen LogP contribution in [0.25, 0.3) is 33.3 Å². The maximum absolute atomic E-state index is 6.50. The lowest BCUT2D eigenvalue weighted by Gasteiger charge is -2.38. The van der Waals surface area contributed by atoms with E-state index in [1.54, 1.807) is 6.20 Å². The molecule has 5 nitrogen and oxygen atoms in total. The average Bonchev–Trinajstić information content (AvgIpc) is 2.77. The fourth-order valence-corrected chi connectivity index (χ4v) is 4.08. The van der Waals surface area contributed by atoms with Crippen molar-refractivity contribution in [3.8, 4) is 22.4 Å². The molecule has 1 fully saturated rings. The van der Waals surface area contributed by atoms with E-state index in [-0.39, 0.29) is 42.8 Å². The monoisotopic (exact) mass is 489 g/mol. The van der Waals surface area contributed by atoms with E-state index in [2.05, 4.69) is 52.9 Å². The molecule has 1 saturated carbocycles. The van der Waals surface area contributed by atoms with Gasteiger partial charge in [-0.2, -0.15) is 0 Å². The Hall–Kier alpha value is -2.41. The summed E-state index contributed by atoms with van der Waals surface area (Å²) < 4.78 is 0. The summed E-state index contributed by atoms with van der Waals surface area (Å²) in [4.78, 5) is 9.32. The smallest absolute Gasteiger partial charge is 0.149 e. The minimum atomic E-state index is -0.162. The number of anilines is 1. The zero-order valence-electron chi connectivity index (χ0n) is 17.3. The van der Waals surface area contributed by atoms with Gasteiger partial charge in [-0.05, 0) is 42.5 Å². The van der Waals surface area contributed by atoms with Gasteiger partial charge >= 0.3 is 0 Å². The lowest BCUT2D eigenvalue weighted by Crippen LogP contribution is -2.43. The molecule has 0 bridgehead atoms. The summed E-state index contributed by atoms with van der Waals surface area (Å²) in [6.45, 7) is 0. The normalized spacial score (nSPS) is 13.7. The Morgan fingerprint density at radius 2 is 1.53 bits per heavy atom. The predicted octanol–water partition coefficient (Wildman–Crippen LogP) is 5.85. The molecule has 2 aromatic heterocycles. The number of hydrogen-bond acceptors (Lipinski definition) is 5. The summed E-state index contributed by atoms with van der Waals surface area (Å²) in [5.41, 5.74) is 15.2. The number of nitrogens with two attached hydrogens (primary N) is 2. The molecular weight excluding hydrogens is 465 g/mol. The van der Waals surface area contributed by atoms with Gasteiger partial charge in [-0.25, -0.2) is 15.8 Å². The molecule has 2 heterocycles. The minimum Gasteiger partial charge on any atom is -0.321 e. The van der Waals surface area contributed by atoms with E-state index < -0.39 is 0 Å². The van der Waals surface area contributed by atoms with E-state index in [1.165, 1.54) is 12.0 Å². The highest BCUT2D eigenvalue weighted by Gasteiger charge is 2.34. The number of rotatable bonds is 4. The van der Waals surface area contributed by atoms with Gasteiger partial charge < -0.3 is 11.2 Å². The molecule has 0 spiro atoms. The Morgan fingerprint density at radius 1 is 0.844 bits per heavy atom. The molecule has 0 saturated heterocycles. The lowest BCUT2D eigenvalue weighted by molar-refractivity contribution is 0.253. The first-order valence-corrected chi connectivity index (χ1v) is 9.89. The molecule has 168 valence electrons. The van der Waals surface area contributed by atoms with E-state index in [0.717, 1.165) is 46.1 Å². The van der Waals surface area contributed by atoms with E-state index in [0.29, 0.717) is 5.82 Å². The summed E-state index contributed by atoms with van der Waals surface area (Å²) in [5.74, 6) is 6.29. The molecule has 0 atom stereocenters. The molecule has 8 heteroatoms. The van der Waals surface area contributed by atoms with Crippen LogP contribution >= 0.6 is 37.2 Å². The Labute approximate surface area is 206 Å². The van der Waals surface area contributed by atoms with Crippen molar-refractivity contribution in [3.05, 3.63) is 78.5 Å². The molecule has 2 aromatic carbocycles. The SMILES string of the molecule is Cl.Cl.Cl.NNc1nccc2nc(-c3ccc(C4(N)CCC4)cc3)c(-c3ccccc3)cc12. The largest absolute Gasteiger partial charge is 0.321 e. The zero-order valence-corrected chi connectivity index (χ0v) is 19.8. The molecule has 0 amide bonds. The number of hydrazine groups is 1. The maximum atomic E-state index is 6.50. The first-order chi connectivity index (χ1) is 14.2. The van der Waals surface area contributed by atoms with Crippen LogP contribution in [0.4, 0.5) is 5.82 Å². The van der Waals surface area contributed by atoms with Crippen molar-refractivity contribution < 1.29 is 0 Å². The van der Waals surface area contributed by atoms with Gasteiger partial charge in [0.15, 0.2) is 0 Å². The molecule has 5 N–H and O–H groups in total. The lowest BCUT2D eigenvalue weighted by atomic mass is 9.72. The highest BCUT2D eigenvalue weighted by molar-refractivity contribution is 5.96. The third-order valence-electron chi connectivity index (χ3n) is 5.94. The summed E-state index contributed by atoms with van der Waals surface area (Å²) in [6, 6.07) is 22.8. The topological polar surface area (TPSA) is 89.8 Å². The zero-order chi connectivity index (χ0) is 19.8. The third kappa shape index (κ3) is 4.53. The van der Waals surface area contributed by atoms with Gasteiger partial charge in [0.2, 0.25) is 0 Å². The standard InChI is InChI=1S/C24H23N5.3ClH/c25-24(12-4-13-24)18-9-7-17(8-10-18)22-19(16-5-2-1-3-6-16)15-20-21(28-22)11-14-27-23(20)29-26;;;/h1-3,5-11,14-15H,4,12-13,25-26H2,(H,27,29);3*1H. The van der Waals surface area contributed by atoms with Crippen LogP contribution in [-0.4, -0.2) is 9.97 Å². The first-order valence-electron chi connectivity index (χ1n) is 9.89. The second-order valence-electron chi connectivity index (χ2n) is 7.71. The van der Waals surface area contributed by atoms with Crippen LogP contribution in [0.15, 0.2) is 72.9 Å². The summed E-state index contributed by atoms with van der Waals surface area (Å²) in [6.07, 6.45) is 5.03. The number of hydrogen-bond donors (Lipinski definition) is 3. The van der Waals surface area contributed by atoms with Gasteiger partial charge in [-0.15, -0.1) is 37.2 Å². The van der Waals surface area contributed by atoms with Crippen LogP contribution in [0.3, 0.4) is 0 Å². The van der Waals surface area contributed by atoms with Crippen LogP contribution in [-0.2, 0) is 5.54 Å². The maximum Gasteiger partial charge on any atom is 0.149 e. The van der Waals surface area contributed by atoms with E-state index in [9.17, 15) is 0 Å². The molecule has 1 aliphatic carbocycles. The predicted molar refractivity (Wildman–Crippen MR) is 140 cm³/mol. The molecular formula is C24H26Cl3N5. The number of pyridine rings is 2. The Morgan fingerprint density at radius 3 is 2.12 bits per heavy atom. The summed E-state index contributed by atoms with van der Waals surface area (Å²) in [7, 11) is 0. The van der Waals surface area contributed by atoms with Crippen molar-refractivity contribution in [2.24, 2.45) is 11.6 Å². The van der Waals surface area contributed by atoms with Crippen molar-refractivity contribution in [1.29, 1.82) is 0 Å². The van der Waals surface area contributed by atoms with Gasteiger partial charge in [-0.3, -0.25) is 0 Å². The van der Waals surface area contributed by atoms with Crippen LogP contribution in [0, 0.1) is 0 Å². The Kier molecular flexibility index (Phi) is 8.46. The highest BCUT2D eigenvalue weighted by Crippen LogP contribution is 2.40. The van der Waals surface area contributed by atoms with Crippen LogP contribution < -0.4 is 17.0 Å². The van der Waals surface area contributed by atoms with E-state index in [1.807, 2.05) is 24.3 Å². The highest BCUT2D eigenvalue weighted by atomic mass is 35.5. The number of nitrogens with zero attached hydrogens (tertiary/aromatic N) is 2. The second kappa shape index (κ2) is 10.5. The van der Waals surface area contributed by atoms with Crippen LogP contribution in [0.5, 0.6) is 0 Å². The Bertz CT molecular complexity index is 1180. The van der Waals surface area contributed by atoms with Gasteiger partial charge in [0.05, 0.1) is 11.2 Å². The average molecular weight is 491 g/mol. The molecule has 0 aliphatic heterocycles. The van der Waals surface area contributed by atoms with Gasteiger partial charge in [-0.1, -0.05) is 54.6 Å². The van der Waals surface area contributed by atoms with Crippen molar-refractivity contribution in [2.45, 2.75) is 24.8 Å². The van der Waals surface area contributed by atoms with Crippen LogP contribution in [0.2, 0.25) is 0 Å². The van der Waals surface area contributed by atoms with Crippen molar-refractivity contribution >= 4 is 53.9 Å². The van der Waals surface area contributed by atoms with Gasteiger partial charge in [0.25, 0.3) is 0 Å². The number of nitrogens with one attached hydrogen (secondary N) is 1. The molecule has 1 aliphatic rings. The molecule has 0 radical (unpaired) electrons. The van der Waals surface area contributed by atoms with Gasteiger partial charge in [0.1, 0.15) is 5.82 Å². The summed E-state index contributed by atoms with van der Waals surface area (Å²) in [5, 5.41) is 0.893. The second-order valence-corrected chi connectivity index (χ2v) is 7.71. The molecule has 0 unspecified atom stereocenters. The number of aromatic nitrogens is 2. The van der Waals surface area contributed by atoms with E-state index in [4.69, 9.17) is 16.6 Å². The third-order valence-corrected chi connectivity index (χ3v) is 5.94. The fraction of sp³-hybridized carbons (Fsp3) is 0.167. The molecule has 5 rings (SSSR count). The van der Waals surface area contributed by atoms with Crippen molar-refractivity contribution in [3.63, 3.8) is 0 Å². The van der Waals surface area contributed by atoms with Crippen molar-refractivity contribution in [1.82, 2.24) is 9.97 Å². The number of halogens is 3. The summed E-state index contributed by atoms with van der Waals surface area (Å²) >= 11 is 0. The van der Waals surface area contributed by atoms with Gasteiger partial charge in [0, 0.05) is 28.2 Å². The number of benzene rings is 2. The Balaban J connectivity index is 0.00000121. The molecule has 4 aromatic rings. The number of fused-ring (bicyclic) bond motifs is 1. The van der Waals surface area contributed by atoms with Crippen molar-refractivity contribution in [2.75, 3.05) is 5.43 Å². The molecule has 32 heavy (non-hydrogen) atoms. The quantitative estimate of drug-likeness (QED) is 0.246. The van der Waals surface area contributed by atoms with Crippen LogP contribution in [0.1, 0.15) is 24.8 Å². The minimum absolute atomic E-state index is 0. The first kappa shape index (κ1) is 25.8. The fourth-order valence-electron chi connectivity index (χ4n) is 4.08.